The van der Waals surface area contributed by atoms with Crippen molar-refractivity contribution in [3.8, 4) is 11.5 Å². The summed E-state index contributed by atoms with van der Waals surface area (Å²) in [6.45, 7) is 6.88. The minimum Gasteiger partial charge on any atom is -0.497 e. The summed E-state index contributed by atoms with van der Waals surface area (Å²) >= 11 is 0. The van der Waals surface area contributed by atoms with E-state index in [9.17, 15) is 4.79 Å². The Morgan fingerprint density at radius 3 is 2.26 bits per heavy atom. The number of hydrazone groups is 1. The van der Waals surface area contributed by atoms with E-state index in [-0.39, 0.29) is 12.5 Å². The van der Waals surface area contributed by atoms with E-state index in [0.29, 0.717) is 12.5 Å². The van der Waals surface area contributed by atoms with Crippen molar-refractivity contribution in [1.82, 2.24) is 5.43 Å². The maximum atomic E-state index is 12.0. The van der Waals surface area contributed by atoms with Gasteiger partial charge in [-0.15, -0.1) is 0 Å². The second-order valence-electron chi connectivity index (χ2n) is 6.54. The van der Waals surface area contributed by atoms with Crippen molar-refractivity contribution in [1.29, 1.82) is 0 Å². The van der Waals surface area contributed by atoms with Crippen LogP contribution >= 0.6 is 0 Å². The Labute approximate surface area is 160 Å². The molecule has 0 saturated carbocycles. The molecular formula is C21H27N3O3. The first-order chi connectivity index (χ1) is 13.0. The van der Waals surface area contributed by atoms with Crippen molar-refractivity contribution in [3.63, 3.8) is 0 Å². The van der Waals surface area contributed by atoms with Gasteiger partial charge in [0.2, 0.25) is 0 Å². The van der Waals surface area contributed by atoms with Gasteiger partial charge in [-0.05, 0) is 66.9 Å². The van der Waals surface area contributed by atoms with Gasteiger partial charge in [0, 0.05) is 5.69 Å². The van der Waals surface area contributed by atoms with Crippen molar-refractivity contribution >= 4 is 17.3 Å². The molecule has 144 valence electrons. The molecule has 2 N–H and O–H groups in total. The zero-order valence-electron chi connectivity index (χ0n) is 16.3. The summed E-state index contributed by atoms with van der Waals surface area (Å²) in [7, 11) is 1.61. The van der Waals surface area contributed by atoms with Crippen molar-refractivity contribution in [3.05, 3.63) is 54.1 Å². The van der Waals surface area contributed by atoms with Crippen LogP contribution in [-0.4, -0.2) is 31.9 Å². The lowest BCUT2D eigenvalue weighted by Gasteiger charge is -2.09. The number of rotatable bonds is 9. The lowest BCUT2D eigenvalue weighted by Crippen LogP contribution is -2.26. The molecule has 27 heavy (non-hydrogen) atoms. The third kappa shape index (κ3) is 7.01. The molecule has 0 fully saturated rings. The standard InChI is InChI=1S/C21H27N3O3/c1-15(2)14-27-20-9-5-17(6-10-20)16(3)23-24-21(25)13-22-18-7-11-19(26-4)12-8-18/h5-12,15,22H,13-14H2,1-4H3,(H,24,25)/b23-16-. The monoisotopic (exact) mass is 369 g/mol. The number of benzene rings is 2. The zero-order chi connectivity index (χ0) is 19.6. The van der Waals surface area contributed by atoms with Gasteiger partial charge in [0.1, 0.15) is 11.5 Å². The van der Waals surface area contributed by atoms with E-state index in [1.54, 1.807) is 7.11 Å². The number of nitrogens with one attached hydrogen (secondary N) is 2. The number of hydrogen-bond acceptors (Lipinski definition) is 5. The van der Waals surface area contributed by atoms with Gasteiger partial charge >= 0.3 is 0 Å². The van der Waals surface area contributed by atoms with Crippen LogP contribution in [0, 0.1) is 5.92 Å². The molecule has 2 rings (SSSR count). The average Bonchev–Trinajstić information content (AvgIpc) is 2.69. The largest absolute Gasteiger partial charge is 0.497 e. The van der Waals surface area contributed by atoms with E-state index in [1.807, 2.05) is 55.5 Å². The first kappa shape index (κ1) is 20.3. The summed E-state index contributed by atoms with van der Waals surface area (Å²) in [6, 6.07) is 15.0. The van der Waals surface area contributed by atoms with Crippen LogP contribution in [0.3, 0.4) is 0 Å². The number of nitrogens with zero attached hydrogens (tertiary/aromatic N) is 1. The van der Waals surface area contributed by atoms with Crippen LogP contribution in [0.2, 0.25) is 0 Å². The van der Waals surface area contributed by atoms with Crippen molar-refractivity contribution < 1.29 is 14.3 Å². The van der Waals surface area contributed by atoms with E-state index in [0.717, 1.165) is 28.5 Å². The first-order valence-corrected chi connectivity index (χ1v) is 8.92. The van der Waals surface area contributed by atoms with Crippen LogP contribution < -0.4 is 20.2 Å². The summed E-state index contributed by atoms with van der Waals surface area (Å²) in [5, 5.41) is 7.19. The highest BCUT2D eigenvalue weighted by atomic mass is 16.5. The predicted octanol–water partition coefficient (Wildman–Crippen LogP) is 3.68. The van der Waals surface area contributed by atoms with Gasteiger partial charge < -0.3 is 14.8 Å². The summed E-state index contributed by atoms with van der Waals surface area (Å²) in [6.07, 6.45) is 0. The molecule has 0 unspecified atom stereocenters. The quantitative estimate of drug-likeness (QED) is 0.522. The highest BCUT2D eigenvalue weighted by Crippen LogP contribution is 2.15. The average molecular weight is 369 g/mol. The molecule has 0 aliphatic heterocycles. The normalized spacial score (nSPS) is 11.2. The van der Waals surface area contributed by atoms with Gasteiger partial charge in [-0.3, -0.25) is 4.79 Å². The molecule has 0 radical (unpaired) electrons. The summed E-state index contributed by atoms with van der Waals surface area (Å²) < 4.78 is 10.8. The molecule has 0 atom stereocenters. The second kappa shape index (κ2) is 10.2. The van der Waals surface area contributed by atoms with E-state index in [1.165, 1.54) is 0 Å². The Balaban J connectivity index is 1.81. The number of methoxy groups -OCH3 is 1. The molecule has 6 heteroatoms. The first-order valence-electron chi connectivity index (χ1n) is 8.92. The minimum atomic E-state index is -0.220. The molecule has 0 aliphatic carbocycles. The molecule has 2 aromatic carbocycles. The second-order valence-corrected chi connectivity index (χ2v) is 6.54. The summed E-state index contributed by atoms with van der Waals surface area (Å²) in [4.78, 5) is 12.0. The molecule has 2 aromatic rings. The highest BCUT2D eigenvalue weighted by molar-refractivity contribution is 5.99. The van der Waals surface area contributed by atoms with Gasteiger partial charge in [-0.25, -0.2) is 5.43 Å². The number of ether oxygens (including phenoxy) is 2. The predicted molar refractivity (Wildman–Crippen MR) is 109 cm³/mol. The highest BCUT2D eigenvalue weighted by Gasteiger charge is 2.03. The topological polar surface area (TPSA) is 72.0 Å². The number of amides is 1. The Bertz CT molecular complexity index is 753. The summed E-state index contributed by atoms with van der Waals surface area (Å²) in [5.41, 5.74) is 5.05. The molecular weight excluding hydrogens is 342 g/mol. The van der Waals surface area contributed by atoms with Crippen molar-refractivity contribution in [2.45, 2.75) is 20.8 Å². The van der Waals surface area contributed by atoms with Crippen LogP contribution in [0.1, 0.15) is 26.3 Å². The molecule has 0 aromatic heterocycles. The zero-order valence-corrected chi connectivity index (χ0v) is 16.3. The Morgan fingerprint density at radius 2 is 1.67 bits per heavy atom. The minimum absolute atomic E-state index is 0.130. The van der Waals surface area contributed by atoms with E-state index >= 15 is 0 Å². The Kier molecular flexibility index (Phi) is 7.67. The number of hydrogen-bond donors (Lipinski definition) is 2. The van der Waals surface area contributed by atoms with Gasteiger partial charge in [0.25, 0.3) is 5.91 Å². The summed E-state index contributed by atoms with van der Waals surface area (Å²) in [5.74, 6) is 1.86. The van der Waals surface area contributed by atoms with E-state index in [4.69, 9.17) is 9.47 Å². The molecule has 0 bridgehead atoms. The molecule has 0 aliphatic rings. The van der Waals surface area contributed by atoms with Crippen LogP contribution in [0.25, 0.3) is 0 Å². The maximum Gasteiger partial charge on any atom is 0.259 e. The van der Waals surface area contributed by atoms with Crippen LogP contribution in [0.15, 0.2) is 53.6 Å². The van der Waals surface area contributed by atoms with Crippen LogP contribution in [0.4, 0.5) is 5.69 Å². The fraction of sp³-hybridized carbons (Fsp3) is 0.333. The lowest BCUT2D eigenvalue weighted by molar-refractivity contribution is -0.119. The SMILES string of the molecule is COc1ccc(NCC(=O)N/N=C(/C)c2ccc(OCC(C)C)cc2)cc1. The van der Waals surface area contributed by atoms with Crippen molar-refractivity contribution in [2.24, 2.45) is 11.0 Å². The number of carbonyl (C=O) groups excluding carboxylic acids is 1. The molecule has 1 amide bonds. The van der Waals surface area contributed by atoms with Gasteiger partial charge in [-0.1, -0.05) is 13.8 Å². The molecule has 0 heterocycles. The number of anilines is 1. The third-order valence-corrected chi connectivity index (χ3v) is 3.75. The van der Waals surface area contributed by atoms with Crippen molar-refractivity contribution in [2.75, 3.05) is 25.6 Å². The van der Waals surface area contributed by atoms with Gasteiger partial charge in [-0.2, -0.15) is 5.10 Å². The lowest BCUT2D eigenvalue weighted by atomic mass is 10.1. The molecule has 0 spiro atoms. The van der Waals surface area contributed by atoms with Crippen LogP contribution in [0.5, 0.6) is 11.5 Å². The van der Waals surface area contributed by atoms with Gasteiger partial charge in [0.05, 0.1) is 26.0 Å². The van der Waals surface area contributed by atoms with E-state index in [2.05, 4.69) is 29.7 Å². The van der Waals surface area contributed by atoms with Gasteiger partial charge in [0.15, 0.2) is 0 Å². The maximum absolute atomic E-state index is 12.0. The Morgan fingerprint density at radius 1 is 1.04 bits per heavy atom. The molecule has 6 nitrogen and oxygen atoms in total. The smallest absolute Gasteiger partial charge is 0.259 e. The third-order valence-electron chi connectivity index (χ3n) is 3.75. The Hall–Kier alpha value is -3.02. The van der Waals surface area contributed by atoms with E-state index < -0.39 is 0 Å². The fourth-order valence-corrected chi connectivity index (χ4v) is 2.20. The van der Waals surface area contributed by atoms with Crippen LogP contribution in [-0.2, 0) is 4.79 Å². The number of carbonyl (C=O) groups is 1. The molecule has 0 saturated heterocycles. The fourth-order valence-electron chi connectivity index (χ4n) is 2.20.